The number of piperidine rings is 1. The molecule has 0 radical (unpaired) electrons. The van der Waals surface area contributed by atoms with Gasteiger partial charge in [-0.2, -0.15) is 0 Å². The zero-order valence-corrected chi connectivity index (χ0v) is 12.5. The molecule has 1 aliphatic carbocycles. The molecule has 1 saturated carbocycles. The van der Waals surface area contributed by atoms with Gasteiger partial charge in [-0.05, 0) is 32.1 Å². The van der Waals surface area contributed by atoms with E-state index >= 15 is 0 Å². The monoisotopic (exact) mass is 281 g/mol. The van der Waals surface area contributed by atoms with E-state index < -0.39 is 0 Å². The Kier molecular flexibility index (Phi) is 5.02. The van der Waals surface area contributed by atoms with E-state index in [-0.39, 0.29) is 23.3 Å². The third kappa shape index (κ3) is 3.14. The largest absolute Gasteiger partial charge is 0.353 e. The van der Waals surface area contributed by atoms with Gasteiger partial charge in [-0.15, -0.1) is 0 Å². The maximum atomic E-state index is 12.5. The van der Waals surface area contributed by atoms with Crippen LogP contribution in [0, 0.1) is 5.41 Å². The standard InChI is InChI=1S/C15H27N3O2/c1-2-4-13(19)17-12-5-9-18(10-6-12)14(20)15(11-16)7-3-8-15/h12H,2-11,16H2,1H3,(H,17,19). The Morgan fingerprint density at radius 1 is 1.30 bits per heavy atom. The summed E-state index contributed by atoms with van der Waals surface area (Å²) >= 11 is 0. The lowest BCUT2D eigenvalue weighted by atomic mass is 9.67. The molecule has 5 nitrogen and oxygen atoms in total. The molecule has 2 aliphatic rings. The number of rotatable bonds is 5. The van der Waals surface area contributed by atoms with Crippen LogP contribution in [0.5, 0.6) is 0 Å². The van der Waals surface area contributed by atoms with Gasteiger partial charge in [0.25, 0.3) is 0 Å². The van der Waals surface area contributed by atoms with Gasteiger partial charge in [-0.25, -0.2) is 0 Å². The van der Waals surface area contributed by atoms with Crippen molar-refractivity contribution < 1.29 is 9.59 Å². The molecule has 114 valence electrons. The van der Waals surface area contributed by atoms with E-state index in [4.69, 9.17) is 5.73 Å². The van der Waals surface area contributed by atoms with Crippen molar-refractivity contribution in [3.05, 3.63) is 0 Å². The Morgan fingerprint density at radius 3 is 2.40 bits per heavy atom. The lowest BCUT2D eigenvalue weighted by molar-refractivity contribution is -0.147. The van der Waals surface area contributed by atoms with Gasteiger partial charge in [0.1, 0.15) is 0 Å². The second-order valence-electron chi connectivity index (χ2n) is 6.22. The van der Waals surface area contributed by atoms with E-state index in [9.17, 15) is 9.59 Å². The molecule has 0 bridgehead atoms. The predicted octanol–water partition coefficient (Wildman–Crippen LogP) is 1.02. The second-order valence-corrected chi connectivity index (χ2v) is 6.22. The number of hydrogen-bond donors (Lipinski definition) is 2. The summed E-state index contributed by atoms with van der Waals surface area (Å²) in [5.74, 6) is 0.374. The first-order valence-corrected chi connectivity index (χ1v) is 7.90. The fourth-order valence-corrected chi connectivity index (χ4v) is 3.20. The molecular formula is C15H27N3O2. The van der Waals surface area contributed by atoms with Gasteiger partial charge in [0.2, 0.25) is 11.8 Å². The molecule has 1 aliphatic heterocycles. The van der Waals surface area contributed by atoms with Crippen LogP contribution in [-0.4, -0.2) is 42.4 Å². The van der Waals surface area contributed by atoms with Crippen molar-refractivity contribution in [2.45, 2.75) is 57.9 Å². The van der Waals surface area contributed by atoms with Gasteiger partial charge < -0.3 is 16.0 Å². The molecule has 0 atom stereocenters. The highest BCUT2D eigenvalue weighted by atomic mass is 16.2. The van der Waals surface area contributed by atoms with Crippen LogP contribution in [0.15, 0.2) is 0 Å². The Hall–Kier alpha value is -1.10. The highest BCUT2D eigenvalue weighted by Gasteiger charge is 2.45. The van der Waals surface area contributed by atoms with Gasteiger partial charge in [0.15, 0.2) is 0 Å². The van der Waals surface area contributed by atoms with Crippen molar-refractivity contribution in [2.24, 2.45) is 11.1 Å². The highest BCUT2D eigenvalue weighted by molar-refractivity contribution is 5.84. The lowest BCUT2D eigenvalue weighted by Crippen LogP contribution is -2.55. The van der Waals surface area contributed by atoms with Crippen LogP contribution in [0.25, 0.3) is 0 Å². The topological polar surface area (TPSA) is 75.4 Å². The molecule has 20 heavy (non-hydrogen) atoms. The molecule has 0 unspecified atom stereocenters. The fraction of sp³-hybridized carbons (Fsp3) is 0.867. The van der Waals surface area contributed by atoms with Crippen molar-refractivity contribution in [3.8, 4) is 0 Å². The first-order chi connectivity index (χ1) is 9.61. The van der Waals surface area contributed by atoms with Gasteiger partial charge >= 0.3 is 0 Å². The normalized spacial score (nSPS) is 22.2. The van der Waals surface area contributed by atoms with Crippen LogP contribution in [0.2, 0.25) is 0 Å². The summed E-state index contributed by atoms with van der Waals surface area (Å²) in [7, 11) is 0. The summed E-state index contributed by atoms with van der Waals surface area (Å²) in [6, 6.07) is 0.230. The van der Waals surface area contributed by atoms with Crippen LogP contribution in [-0.2, 0) is 9.59 Å². The molecule has 5 heteroatoms. The van der Waals surface area contributed by atoms with E-state index in [1.54, 1.807) is 0 Å². The number of amides is 2. The summed E-state index contributed by atoms with van der Waals surface area (Å²) < 4.78 is 0. The van der Waals surface area contributed by atoms with Gasteiger partial charge in [0.05, 0.1) is 5.41 Å². The van der Waals surface area contributed by atoms with Crippen LogP contribution < -0.4 is 11.1 Å². The first kappa shape index (κ1) is 15.3. The molecule has 0 aromatic rings. The van der Waals surface area contributed by atoms with Crippen LogP contribution in [0.3, 0.4) is 0 Å². The minimum atomic E-state index is -0.266. The zero-order valence-electron chi connectivity index (χ0n) is 12.5. The molecule has 0 aromatic heterocycles. The SMILES string of the molecule is CCCC(=O)NC1CCN(C(=O)C2(CN)CCC2)CC1. The van der Waals surface area contributed by atoms with Crippen LogP contribution in [0.1, 0.15) is 51.9 Å². The zero-order chi connectivity index (χ0) is 14.6. The summed E-state index contributed by atoms with van der Waals surface area (Å²) in [5.41, 5.74) is 5.53. The van der Waals surface area contributed by atoms with Crippen LogP contribution in [0.4, 0.5) is 0 Å². The quantitative estimate of drug-likeness (QED) is 0.790. The number of carbonyl (C=O) groups excluding carboxylic acids is 2. The Balaban J connectivity index is 1.79. The molecular weight excluding hydrogens is 254 g/mol. The van der Waals surface area contributed by atoms with Crippen LogP contribution >= 0.6 is 0 Å². The number of nitrogens with one attached hydrogen (secondary N) is 1. The van der Waals surface area contributed by atoms with E-state index in [0.717, 1.165) is 51.6 Å². The van der Waals surface area contributed by atoms with Crippen molar-refractivity contribution in [1.82, 2.24) is 10.2 Å². The maximum absolute atomic E-state index is 12.5. The minimum absolute atomic E-state index is 0.134. The fourth-order valence-electron chi connectivity index (χ4n) is 3.20. The number of hydrogen-bond acceptors (Lipinski definition) is 3. The molecule has 1 saturated heterocycles. The summed E-state index contributed by atoms with van der Waals surface area (Å²) in [5, 5.41) is 3.06. The van der Waals surface area contributed by atoms with Crippen molar-refractivity contribution in [3.63, 3.8) is 0 Å². The third-order valence-electron chi connectivity index (χ3n) is 4.78. The molecule has 2 fully saturated rings. The third-order valence-corrected chi connectivity index (χ3v) is 4.78. The Morgan fingerprint density at radius 2 is 1.95 bits per heavy atom. The molecule has 0 spiro atoms. The molecule has 2 rings (SSSR count). The van der Waals surface area contributed by atoms with Crippen molar-refractivity contribution in [1.29, 1.82) is 0 Å². The highest BCUT2D eigenvalue weighted by Crippen LogP contribution is 2.41. The average Bonchev–Trinajstić information content (AvgIpc) is 2.39. The Bertz CT molecular complexity index is 353. The van der Waals surface area contributed by atoms with E-state index in [0.29, 0.717) is 13.0 Å². The van der Waals surface area contributed by atoms with E-state index in [2.05, 4.69) is 5.32 Å². The number of nitrogens with zero attached hydrogens (tertiary/aromatic N) is 1. The molecule has 2 amide bonds. The number of nitrogens with two attached hydrogens (primary N) is 1. The Labute approximate surface area is 121 Å². The molecule has 3 N–H and O–H groups in total. The first-order valence-electron chi connectivity index (χ1n) is 7.90. The van der Waals surface area contributed by atoms with Crippen molar-refractivity contribution >= 4 is 11.8 Å². The molecule has 0 aromatic carbocycles. The average molecular weight is 281 g/mol. The smallest absolute Gasteiger partial charge is 0.230 e. The van der Waals surface area contributed by atoms with E-state index in [1.165, 1.54) is 0 Å². The van der Waals surface area contributed by atoms with Gasteiger partial charge in [-0.1, -0.05) is 13.3 Å². The second kappa shape index (κ2) is 6.57. The summed E-state index contributed by atoms with van der Waals surface area (Å²) in [4.78, 5) is 26.1. The van der Waals surface area contributed by atoms with Gasteiger partial charge in [0, 0.05) is 32.1 Å². The van der Waals surface area contributed by atoms with E-state index in [1.807, 2.05) is 11.8 Å². The summed E-state index contributed by atoms with van der Waals surface area (Å²) in [6.07, 6.45) is 6.19. The molecule has 1 heterocycles. The van der Waals surface area contributed by atoms with Gasteiger partial charge in [-0.3, -0.25) is 9.59 Å². The lowest BCUT2D eigenvalue weighted by Gasteiger charge is -2.44. The number of likely N-dealkylation sites (tertiary alicyclic amines) is 1. The summed E-state index contributed by atoms with van der Waals surface area (Å²) in [6.45, 7) is 3.97. The number of carbonyl (C=O) groups is 2. The predicted molar refractivity (Wildman–Crippen MR) is 78.0 cm³/mol. The maximum Gasteiger partial charge on any atom is 0.230 e. The minimum Gasteiger partial charge on any atom is -0.353 e. The van der Waals surface area contributed by atoms with Crippen molar-refractivity contribution in [2.75, 3.05) is 19.6 Å².